The average Bonchev–Trinajstić information content (AvgIpc) is 2.82. The second kappa shape index (κ2) is 5.01. The molecular weight excluding hydrogens is 274 g/mol. The lowest BCUT2D eigenvalue weighted by atomic mass is 10.2. The molecule has 0 atom stereocenters. The molecule has 1 aromatic carbocycles. The molecule has 0 unspecified atom stereocenters. The summed E-state index contributed by atoms with van der Waals surface area (Å²) in [5, 5.41) is 1.35. The van der Waals surface area contributed by atoms with E-state index in [1.165, 1.54) is 30.8 Å². The normalized spacial score (nSPS) is 10.9. The molecule has 0 saturated heterocycles. The van der Waals surface area contributed by atoms with E-state index in [-0.39, 0.29) is 0 Å². The summed E-state index contributed by atoms with van der Waals surface area (Å²) in [4.78, 5) is 15.8. The highest BCUT2D eigenvalue weighted by molar-refractivity contribution is 7.99. The quantitative estimate of drug-likeness (QED) is 0.719. The predicted molar refractivity (Wildman–Crippen MR) is 78.0 cm³/mol. The maximum absolute atomic E-state index is 5.95. The lowest BCUT2D eigenvalue weighted by Crippen LogP contribution is -1.99. The first-order valence-corrected chi connectivity index (χ1v) is 6.77. The number of nitrogen functional groups attached to an aromatic ring is 1. The first-order valence-electron chi connectivity index (χ1n) is 5.96. The van der Waals surface area contributed by atoms with E-state index >= 15 is 0 Å². The minimum atomic E-state index is 0.370. The molecule has 6 nitrogen and oxygen atoms in total. The summed E-state index contributed by atoms with van der Waals surface area (Å²) < 4.78 is 5.08. The molecule has 0 saturated carbocycles. The van der Waals surface area contributed by atoms with Crippen molar-refractivity contribution in [3.8, 4) is 5.88 Å². The largest absolute Gasteiger partial charge is 0.479 e. The highest BCUT2D eigenvalue weighted by Crippen LogP contribution is 2.33. The van der Waals surface area contributed by atoms with E-state index in [1.54, 1.807) is 0 Å². The molecule has 3 N–H and O–H groups in total. The number of anilines is 1. The third-order valence-corrected chi connectivity index (χ3v) is 3.72. The number of benzene rings is 1. The van der Waals surface area contributed by atoms with Crippen LogP contribution in [0.2, 0.25) is 0 Å². The number of ether oxygens (including phenoxy) is 1. The van der Waals surface area contributed by atoms with Crippen molar-refractivity contribution in [2.75, 3.05) is 12.8 Å². The van der Waals surface area contributed by atoms with Crippen LogP contribution in [0, 0.1) is 6.92 Å². The molecule has 3 aromatic rings. The van der Waals surface area contributed by atoms with Gasteiger partial charge in [0.2, 0.25) is 5.88 Å². The van der Waals surface area contributed by atoms with Gasteiger partial charge in [-0.25, -0.2) is 9.97 Å². The van der Waals surface area contributed by atoms with E-state index in [9.17, 15) is 0 Å². The number of methoxy groups -OCH3 is 1. The number of aromatic nitrogens is 4. The Kier molecular flexibility index (Phi) is 3.19. The second-order valence-electron chi connectivity index (χ2n) is 4.27. The third-order valence-electron chi connectivity index (χ3n) is 2.81. The van der Waals surface area contributed by atoms with Crippen LogP contribution in [0.15, 0.2) is 34.7 Å². The zero-order chi connectivity index (χ0) is 14.1. The SMILES string of the molecule is COc1ncnc(Sc2nc3ccc(C)cc3[nH]2)c1N. The van der Waals surface area contributed by atoms with E-state index in [4.69, 9.17) is 10.5 Å². The zero-order valence-electron chi connectivity index (χ0n) is 11.0. The molecule has 0 aliphatic carbocycles. The lowest BCUT2D eigenvalue weighted by Gasteiger charge is -2.05. The standard InChI is InChI=1S/C13H13N5OS/c1-7-3-4-8-9(5-7)18-13(17-8)20-12-10(14)11(19-2)15-6-16-12/h3-6H,14H2,1-2H3,(H,17,18). The van der Waals surface area contributed by atoms with Crippen LogP contribution in [0.25, 0.3) is 11.0 Å². The Morgan fingerprint density at radius 2 is 2.15 bits per heavy atom. The van der Waals surface area contributed by atoms with Crippen LogP contribution in [0.3, 0.4) is 0 Å². The molecule has 2 aromatic heterocycles. The second-order valence-corrected chi connectivity index (χ2v) is 5.24. The number of imidazole rings is 1. The average molecular weight is 287 g/mol. The predicted octanol–water partition coefficient (Wildman–Crippen LogP) is 2.40. The van der Waals surface area contributed by atoms with Crippen LogP contribution < -0.4 is 10.5 Å². The number of nitrogens with two attached hydrogens (primary N) is 1. The number of rotatable bonds is 3. The molecule has 0 aliphatic rings. The Hall–Kier alpha value is -2.28. The lowest BCUT2D eigenvalue weighted by molar-refractivity contribution is 0.397. The summed E-state index contributed by atoms with van der Waals surface area (Å²) in [7, 11) is 1.52. The van der Waals surface area contributed by atoms with Gasteiger partial charge in [-0.05, 0) is 36.4 Å². The molecule has 2 heterocycles. The van der Waals surface area contributed by atoms with E-state index in [1.807, 2.05) is 19.1 Å². The topological polar surface area (TPSA) is 89.7 Å². The van der Waals surface area contributed by atoms with Gasteiger partial charge in [0.05, 0.1) is 18.1 Å². The number of nitrogens with one attached hydrogen (secondary N) is 1. The first kappa shape index (κ1) is 12.7. The number of aryl methyl sites for hydroxylation is 1. The van der Waals surface area contributed by atoms with Crippen molar-refractivity contribution in [3.05, 3.63) is 30.1 Å². The van der Waals surface area contributed by atoms with Crippen molar-refractivity contribution in [2.24, 2.45) is 0 Å². The number of fused-ring (bicyclic) bond motifs is 1. The van der Waals surface area contributed by atoms with Gasteiger partial charge >= 0.3 is 0 Å². The Morgan fingerprint density at radius 3 is 2.95 bits per heavy atom. The van der Waals surface area contributed by atoms with Gasteiger partial charge < -0.3 is 15.5 Å². The Bertz CT molecular complexity index is 771. The molecule has 0 amide bonds. The van der Waals surface area contributed by atoms with Crippen molar-refractivity contribution in [1.29, 1.82) is 0 Å². The summed E-state index contributed by atoms with van der Waals surface area (Å²) >= 11 is 1.35. The van der Waals surface area contributed by atoms with Gasteiger partial charge in [-0.2, -0.15) is 4.98 Å². The number of aromatic amines is 1. The van der Waals surface area contributed by atoms with Gasteiger partial charge in [0.15, 0.2) is 5.16 Å². The van der Waals surface area contributed by atoms with Gasteiger partial charge in [0.1, 0.15) is 17.0 Å². The number of nitrogens with zero attached hydrogens (tertiary/aromatic N) is 3. The van der Waals surface area contributed by atoms with Crippen LogP contribution in [-0.4, -0.2) is 27.0 Å². The Morgan fingerprint density at radius 1 is 1.30 bits per heavy atom. The van der Waals surface area contributed by atoms with Crippen LogP contribution in [-0.2, 0) is 0 Å². The van der Waals surface area contributed by atoms with Gasteiger partial charge in [0, 0.05) is 0 Å². The molecule has 7 heteroatoms. The van der Waals surface area contributed by atoms with Crippen LogP contribution in [0.4, 0.5) is 5.69 Å². The summed E-state index contributed by atoms with van der Waals surface area (Å²) in [6, 6.07) is 6.06. The molecule has 0 radical (unpaired) electrons. The molecule has 0 fully saturated rings. The zero-order valence-corrected chi connectivity index (χ0v) is 11.9. The van der Waals surface area contributed by atoms with E-state index in [2.05, 4.69) is 26.0 Å². The monoisotopic (exact) mass is 287 g/mol. The Labute approximate surface area is 119 Å². The van der Waals surface area contributed by atoms with Crippen LogP contribution in [0.1, 0.15) is 5.56 Å². The molecule has 102 valence electrons. The number of hydrogen-bond donors (Lipinski definition) is 2. The fourth-order valence-electron chi connectivity index (χ4n) is 1.85. The van der Waals surface area contributed by atoms with Gasteiger partial charge in [-0.15, -0.1) is 0 Å². The summed E-state index contributed by atoms with van der Waals surface area (Å²) in [5.41, 5.74) is 9.45. The van der Waals surface area contributed by atoms with Crippen LogP contribution >= 0.6 is 11.8 Å². The first-order chi connectivity index (χ1) is 9.67. The Balaban J connectivity index is 1.97. The number of H-pyrrole nitrogens is 1. The molecule has 3 rings (SSSR count). The number of hydrogen-bond acceptors (Lipinski definition) is 6. The summed E-state index contributed by atoms with van der Waals surface area (Å²) in [6.45, 7) is 2.04. The van der Waals surface area contributed by atoms with Crippen molar-refractivity contribution in [1.82, 2.24) is 19.9 Å². The highest BCUT2D eigenvalue weighted by Gasteiger charge is 2.12. The van der Waals surface area contributed by atoms with Gasteiger partial charge in [0.25, 0.3) is 0 Å². The molecule has 0 bridgehead atoms. The molecular formula is C13H13N5OS. The summed E-state index contributed by atoms with van der Waals surface area (Å²) in [5.74, 6) is 0.370. The molecule has 20 heavy (non-hydrogen) atoms. The van der Waals surface area contributed by atoms with E-state index in [0.717, 1.165) is 16.2 Å². The van der Waals surface area contributed by atoms with E-state index < -0.39 is 0 Å². The highest BCUT2D eigenvalue weighted by atomic mass is 32.2. The third kappa shape index (κ3) is 2.27. The van der Waals surface area contributed by atoms with Gasteiger partial charge in [-0.3, -0.25) is 0 Å². The minimum Gasteiger partial charge on any atom is -0.479 e. The maximum Gasteiger partial charge on any atom is 0.241 e. The van der Waals surface area contributed by atoms with E-state index in [0.29, 0.717) is 16.6 Å². The fraction of sp³-hybridized carbons (Fsp3) is 0.154. The van der Waals surface area contributed by atoms with Crippen LogP contribution in [0.5, 0.6) is 5.88 Å². The van der Waals surface area contributed by atoms with Gasteiger partial charge in [-0.1, -0.05) is 6.07 Å². The van der Waals surface area contributed by atoms with Crippen molar-refractivity contribution >= 4 is 28.5 Å². The maximum atomic E-state index is 5.95. The van der Waals surface area contributed by atoms with Crippen molar-refractivity contribution < 1.29 is 4.74 Å². The molecule has 0 spiro atoms. The fourth-order valence-corrected chi connectivity index (χ4v) is 2.63. The van der Waals surface area contributed by atoms with Crippen molar-refractivity contribution in [3.63, 3.8) is 0 Å². The van der Waals surface area contributed by atoms with Crippen molar-refractivity contribution in [2.45, 2.75) is 17.1 Å². The molecule has 0 aliphatic heterocycles. The smallest absolute Gasteiger partial charge is 0.241 e. The summed E-state index contributed by atoms with van der Waals surface area (Å²) in [6.07, 6.45) is 1.42. The minimum absolute atomic E-state index is 0.370.